The molecule has 0 bridgehead atoms. The Morgan fingerprint density at radius 3 is 2.20 bits per heavy atom. The van der Waals surface area contributed by atoms with Crippen molar-refractivity contribution in [3.8, 4) is 16.8 Å². The number of hydrogen-bond acceptors (Lipinski definition) is 2. The smallest absolute Gasteiger partial charge is 0.0849 e. The molecule has 0 saturated heterocycles. The third-order valence-corrected chi connectivity index (χ3v) is 5.37. The molecule has 0 fully saturated rings. The SMILES string of the molecule is O=S(c1ccccc1)c1ccc(-c2cccc(-n3cccn3)c2)cc1. The second kappa shape index (κ2) is 6.87. The van der Waals surface area contributed by atoms with Crippen LogP contribution in [0, 0.1) is 0 Å². The van der Waals surface area contributed by atoms with Gasteiger partial charge in [0.25, 0.3) is 0 Å². The van der Waals surface area contributed by atoms with E-state index in [9.17, 15) is 4.21 Å². The van der Waals surface area contributed by atoms with Gasteiger partial charge in [-0.3, -0.25) is 0 Å². The standard InChI is InChI=1S/C21H16N2OS/c24-25(20-8-2-1-3-9-20)21-12-10-17(11-13-21)18-6-4-7-19(16-18)23-15-5-14-22-23/h1-16H. The molecule has 3 aromatic carbocycles. The van der Waals surface area contributed by atoms with Crippen molar-refractivity contribution in [3.63, 3.8) is 0 Å². The Kier molecular flexibility index (Phi) is 4.27. The maximum absolute atomic E-state index is 12.6. The lowest BCUT2D eigenvalue weighted by Crippen LogP contribution is -1.94. The fraction of sp³-hybridized carbons (Fsp3) is 0. The van der Waals surface area contributed by atoms with Crippen LogP contribution in [0.3, 0.4) is 0 Å². The van der Waals surface area contributed by atoms with E-state index < -0.39 is 10.8 Å². The van der Waals surface area contributed by atoms with Crippen LogP contribution < -0.4 is 0 Å². The average Bonchev–Trinajstić information content (AvgIpc) is 3.23. The van der Waals surface area contributed by atoms with E-state index in [1.54, 1.807) is 6.20 Å². The summed E-state index contributed by atoms with van der Waals surface area (Å²) in [5.41, 5.74) is 3.20. The Balaban J connectivity index is 1.63. The molecule has 0 radical (unpaired) electrons. The van der Waals surface area contributed by atoms with Crippen molar-refractivity contribution in [1.82, 2.24) is 9.78 Å². The van der Waals surface area contributed by atoms with Crippen LogP contribution in [0.5, 0.6) is 0 Å². The molecule has 4 aromatic rings. The van der Waals surface area contributed by atoms with Gasteiger partial charge in [-0.05, 0) is 53.6 Å². The minimum atomic E-state index is -1.15. The quantitative estimate of drug-likeness (QED) is 0.537. The van der Waals surface area contributed by atoms with Crippen molar-refractivity contribution in [1.29, 1.82) is 0 Å². The van der Waals surface area contributed by atoms with Crippen LogP contribution in [0.1, 0.15) is 0 Å². The number of aromatic nitrogens is 2. The Hall–Kier alpha value is -2.98. The minimum absolute atomic E-state index is 0.804. The molecule has 4 rings (SSSR count). The lowest BCUT2D eigenvalue weighted by atomic mass is 10.1. The summed E-state index contributed by atoms with van der Waals surface area (Å²) in [6.45, 7) is 0. The van der Waals surface area contributed by atoms with E-state index in [2.05, 4.69) is 17.2 Å². The zero-order valence-electron chi connectivity index (χ0n) is 13.4. The average molecular weight is 344 g/mol. The molecule has 1 aromatic heterocycles. The van der Waals surface area contributed by atoms with Gasteiger partial charge in [0.15, 0.2) is 0 Å². The highest BCUT2D eigenvalue weighted by Gasteiger charge is 2.07. The zero-order chi connectivity index (χ0) is 17.1. The van der Waals surface area contributed by atoms with Crippen molar-refractivity contribution in [2.75, 3.05) is 0 Å². The molecule has 1 atom stereocenters. The number of benzene rings is 3. The molecular formula is C21H16N2OS. The van der Waals surface area contributed by atoms with Crippen LogP contribution in [-0.4, -0.2) is 14.0 Å². The monoisotopic (exact) mass is 344 g/mol. The van der Waals surface area contributed by atoms with Crippen molar-refractivity contribution >= 4 is 10.8 Å². The van der Waals surface area contributed by atoms with Crippen LogP contribution in [0.2, 0.25) is 0 Å². The minimum Gasteiger partial charge on any atom is -0.249 e. The molecule has 0 aliphatic carbocycles. The highest BCUT2D eigenvalue weighted by Crippen LogP contribution is 2.24. The summed E-state index contributed by atoms with van der Waals surface area (Å²) in [6, 6.07) is 27.5. The highest BCUT2D eigenvalue weighted by atomic mass is 32.2. The van der Waals surface area contributed by atoms with Crippen LogP contribution >= 0.6 is 0 Å². The van der Waals surface area contributed by atoms with Crippen LogP contribution in [0.4, 0.5) is 0 Å². The molecular weight excluding hydrogens is 328 g/mol. The molecule has 3 nitrogen and oxygen atoms in total. The lowest BCUT2D eigenvalue weighted by molar-refractivity contribution is 0.683. The Morgan fingerprint density at radius 1 is 0.720 bits per heavy atom. The van der Waals surface area contributed by atoms with E-state index in [0.29, 0.717) is 0 Å². The lowest BCUT2D eigenvalue weighted by Gasteiger charge is -2.07. The fourth-order valence-corrected chi connectivity index (χ4v) is 3.76. The third kappa shape index (κ3) is 3.30. The number of hydrogen-bond donors (Lipinski definition) is 0. The summed E-state index contributed by atoms with van der Waals surface area (Å²) >= 11 is 0. The summed E-state index contributed by atoms with van der Waals surface area (Å²) in [4.78, 5) is 1.62. The van der Waals surface area contributed by atoms with E-state index in [1.165, 1.54) is 0 Å². The van der Waals surface area contributed by atoms with Gasteiger partial charge in [0.1, 0.15) is 0 Å². The molecule has 0 saturated carbocycles. The van der Waals surface area contributed by atoms with Crippen LogP contribution in [0.25, 0.3) is 16.8 Å². The normalized spacial score (nSPS) is 12.0. The van der Waals surface area contributed by atoms with Crippen molar-refractivity contribution in [2.24, 2.45) is 0 Å². The summed E-state index contributed by atoms with van der Waals surface area (Å²) in [5.74, 6) is 0. The fourth-order valence-electron chi connectivity index (χ4n) is 2.70. The molecule has 0 amide bonds. The van der Waals surface area contributed by atoms with Gasteiger partial charge in [0.05, 0.1) is 16.5 Å². The summed E-state index contributed by atoms with van der Waals surface area (Å²) < 4.78 is 14.4. The molecule has 1 unspecified atom stereocenters. The van der Waals surface area contributed by atoms with E-state index >= 15 is 0 Å². The van der Waals surface area contributed by atoms with E-state index in [4.69, 9.17) is 0 Å². The third-order valence-electron chi connectivity index (χ3n) is 3.97. The van der Waals surface area contributed by atoms with E-state index in [-0.39, 0.29) is 0 Å². The Morgan fingerprint density at radius 2 is 1.48 bits per heavy atom. The summed E-state index contributed by atoms with van der Waals surface area (Å²) in [7, 11) is -1.15. The molecule has 0 spiro atoms. The van der Waals surface area contributed by atoms with E-state index in [1.807, 2.05) is 83.7 Å². The number of nitrogens with zero attached hydrogens (tertiary/aromatic N) is 2. The first kappa shape index (κ1) is 15.5. The van der Waals surface area contributed by atoms with Gasteiger partial charge in [-0.2, -0.15) is 5.10 Å². The van der Waals surface area contributed by atoms with Crippen molar-refractivity contribution in [3.05, 3.63) is 97.3 Å². The number of rotatable bonds is 4. The molecule has 0 aliphatic heterocycles. The van der Waals surface area contributed by atoms with Gasteiger partial charge in [0, 0.05) is 22.2 Å². The van der Waals surface area contributed by atoms with Crippen molar-refractivity contribution < 1.29 is 4.21 Å². The van der Waals surface area contributed by atoms with Crippen molar-refractivity contribution in [2.45, 2.75) is 9.79 Å². The predicted octanol–water partition coefficient (Wildman–Crippen LogP) is 4.71. The Labute approximate surface area is 149 Å². The first-order valence-electron chi connectivity index (χ1n) is 7.99. The summed E-state index contributed by atoms with van der Waals surface area (Å²) in [6.07, 6.45) is 3.69. The zero-order valence-corrected chi connectivity index (χ0v) is 14.3. The maximum Gasteiger partial charge on any atom is 0.0849 e. The van der Waals surface area contributed by atoms with Gasteiger partial charge in [-0.15, -0.1) is 0 Å². The molecule has 1 heterocycles. The van der Waals surface area contributed by atoms with Gasteiger partial charge in [-0.1, -0.05) is 42.5 Å². The molecule has 0 N–H and O–H groups in total. The van der Waals surface area contributed by atoms with Gasteiger partial charge in [-0.25, -0.2) is 8.89 Å². The summed E-state index contributed by atoms with van der Waals surface area (Å²) in [5, 5.41) is 4.27. The second-order valence-corrected chi connectivity index (χ2v) is 7.09. The predicted molar refractivity (Wildman–Crippen MR) is 100 cm³/mol. The first-order chi connectivity index (χ1) is 12.3. The molecule has 4 heteroatoms. The topological polar surface area (TPSA) is 34.9 Å². The van der Waals surface area contributed by atoms with Gasteiger partial charge in [0.2, 0.25) is 0 Å². The Bertz CT molecular complexity index is 994. The molecule has 0 aliphatic rings. The van der Waals surface area contributed by atoms with E-state index in [0.717, 1.165) is 26.6 Å². The molecule has 25 heavy (non-hydrogen) atoms. The van der Waals surface area contributed by atoms with Crippen LogP contribution in [0.15, 0.2) is 107 Å². The molecule has 122 valence electrons. The van der Waals surface area contributed by atoms with Gasteiger partial charge < -0.3 is 0 Å². The van der Waals surface area contributed by atoms with Gasteiger partial charge >= 0.3 is 0 Å². The largest absolute Gasteiger partial charge is 0.249 e. The maximum atomic E-state index is 12.6. The second-order valence-electron chi connectivity index (χ2n) is 5.61. The highest BCUT2D eigenvalue weighted by molar-refractivity contribution is 7.85. The first-order valence-corrected chi connectivity index (χ1v) is 9.13. The van der Waals surface area contributed by atoms with Crippen LogP contribution in [-0.2, 0) is 10.8 Å².